The third-order valence-corrected chi connectivity index (χ3v) is 2.90. The number of Topliss-reactive ketones (excluding diaryl/α,β-unsaturated/α-hetero) is 1. The number of fused-ring (bicyclic) bond motifs is 1. The van der Waals surface area contributed by atoms with Crippen LogP contribution in [0.3, 0.4) is 0 Å². The highest BCUT2D eigenvalue weighted by Crippen LogP contribution is 2.25. The lowest BCUT2D eigenvalue weighted by molar-refractivity contribution is -0.118. The SMILES string of the molecule is CC(=O)[C@H](C)c1cccc2ccccc12. The summed E-state index contributed by atoms with van der Waals surface area (Å²) in [7, 11) is 0. The highest BCUT2D eigenvalue weighted by molar-refractivity contribution is 5.92. The van der Waals surface area contributed by atoms with Gasteiger partial charge in [-0.3, -0.25) is 4.79 Å². The molecule has 0 fully saturated rings. The van der Waals surface area contributed by atoms with Crippen molar-refractivity contribution in [2.75, 3.05) is 0 Å². The molecule has 0 aliphatic heterocycles. The van der Waals surface area contributed by atoms with Crippen LogP contribution in [0.4, 0.5) is 0 Å². The van der Waals surface area contributed by atoms with E-state index in [2.05, 4.69) is 18.2 Å². The molecule has 76 valence electrons. The minimum absolute atomic E-state index is 0.0175. The minimum atomic E-state index is -0.0175. The predicted octanol–water partition coefficient (Wildman–Crippen LogP) is 3.53. The summed E-state index contributed by atoms with van der Waals surface area (Å²) in [5.74, 6) is 0.197. The molecular weight excluding hydrogens is 184 g/mol. The zero-order valence-electron chi connectivity index (χ0n) is 9.03. The summed E-state index contributed by atoms with van der Waals surface area (Å²) in [5.41, 5.74) is 1.13. The van der Waals surface area contributed by atoms with Crippen molar-refractivity contribution in [2.45, 2.75) is 19.8 Å². The van der Waals surface area contributed by atoms with Crippen molar-refractivity contribution in [3.05, 3.63) is 48.0 Å². The Hall–Kier alpha value is -1.63. The first kappa shape index (κ1) is 9.91. The molecule has 15 heavy (non-hydrogen) atoms. The summed E-state index contributed by atoms with van der Waals surface area (Å²) >= 11 is 0. The Kier molecular flexibility index (Phi) is 2.55. The van der Waals surface area contributed by atoms with Gasteiger partial charge in [-0.05, 0) is 23.3 Å². The number of carbonyl (C=O) groups excluding carboxylic acids is 1. The van der Waals surface area contributed by atoms with E-state index in [0.29, 0.717) is 0 Å². The fraction of sp³-hybridized carbons (Fsp3) is 0.214. The predicted molar refractivity (Wildman–Crippen MR) is 63.0 cm³/mol. The molecule has 1 heteroatoms. The van der Waals surface area contributed by atoms with Crippen LogP contribution in [0.1, 0.15) is 25.3 Å². The van der Waals surface area contributed by atoms with Gasteiger partial charge in [0.15, 0.2) is 0 Å². The second-order valence-electron chi connectivity index (χ2n) is 3.90. The molecule has 0 saturated carbocycles. The molecular formula is C14H14O. The minimum Gasteiger partial charge on any atom is -0.299 e. The second-order valence-corrected chi connectivity index (χ2v) is 3.90. The molecule has 0 spiro atoms. The quantitative estimate of drug-likeness (QED) is 0.721. The fourth-order valence-corrected chi connectivity index (χ4v) is 1.85. The molecule has 0 N–H and O–H groups in total. The average Bonchev–Trinajstić information content (AvgIpc) is 2.27. The van der Waals surface area contributed by atoms with Crippen LogP contribution in [0.2, 0.25) is 0 Å². The summed E-state index contributed by atoms with van der Waals surface area (Å²) in [6, 6.07) is 14.3. The maximum atomic E-state index is 11.4. The summed E-state index contributed by atoms with van der Waals surface area (Å²) in [6.07, 6.45) is 0. The topological polar surface area (TPSA) is 17.1 Å². The van der Waals surface area contributed by atoms with Crippen molar-refractivity contribution in [3.8, 4) is 0 Å². The number of carbonyl (C=O) groups is 1. The number of ketones is 1. The van der Waals surface area contributed by atoms with E-state index in [-0.39, 0.29) is 11.7 Å². The monoisotopic (exact) mass is 198 g/mol. The molecule has 0 aliphatic carbocycles. The van der Waals surface area contributed by atoms with E-state index in [1.165, 1.54) is 10.8 Å². The maximum absolute atomic E-state index is 11.4. The van der Waals surface area contributed by atoms with E-state index in [1.807, 2.05) is 31.2 Å². The van der Waals surface area contributed by atoms with E-state index in [1.54, 1.807) is 6.92 Å². The normalized spacial score (nSPS) is 12.7. The first-order valence-electron chi connectivity index (χ1n) is 5.18. The van der Waals surface area contributed by atoms with Gasteiger partial charge in [0.1, 0.15) is 5.78 Å². The summed E-state index contributed by atoms with van der Waals surface area (Å²) in [4.78, 5) is 11.4. The van der Waals surface area contributed by atoms with Crippen LogP contribution in [0.5, 0.6) is 0 Å². The lowest BCUT2D eigenvalue weighted by atomic mass is 9.92. The van der Waals surface area contributed by atoms with Gasteiger partial charge in [0.05, 0.1) is 0 Å². The lowest BCUT2D eigenvalue weighted by Crippen LogP contribution is -2.04. The Morgan fingerprint density at radius 2 is 1.73 bits per heavy atom. The Morgan fingerprint density at radius 3 is 2.47 bits per heavy atom. The molecule has 0 aliphatic rings. The molecule has 0 heterocycles. The molecule has 2 aromatic carbocycles. The van der Waals surface area contributed by atoms with Crippen LogP contribution < -0.4 is 0 Å². The first-order chi connectivity index (χ1) is 7.20. The van der Waals surface area contributed by atoms with E-state index in [0.717, 1.165) is 5.56 Å². The van der Waals surface area contributed by atoms with Crippen LogP contribution in [-0.4, -0.2) is 5.78 Å². The van der Waals surface area contributed by atoms with E-state index in [9.17, 15) is 4.79 Å². The van der Waals surface area contributed by atoms with Gasteiger partial charge in [-0.15, -0.1) is 0 Å². The second kappa shape index (κ2) is 3.85. The number of rotatable bonds is 2. The van der Waals surface area contributed by atoms with Crippen LogP contribution in [0, 0.1) is 0 Å². The van der Waals surface area contributed by atoms with Crippen molar-refractivity contribution < 1.29 is 4.79 Å². The molecule has 0 bridgehead atoms. The van der Waals surface area contributed by atoms with Gasteiger partial charge in [0.2, 0.25) is 0 Å². The number of hydrogen-bond acceptors (Lipinski definition) is 1. The van der Waals surface area contributed by atoms with Crippen LogP contribution in [-0.2, 0) is 4.79 Å². The number of hydrogen-bond donors (Lipinski definition) is 0. The van der Waals surface area contributed by atoms with Crippen molar-refractivity contribution in [2.24, 2.45) is 0 Å². The molecule has 2 rings (SSSR count). The highest BCUT2D eigenvalue weighted by atomic mass is 16.1. The Labute approximate surface area is 89.7 Å². The third-order valence-electron chi connectivity index (χ3n) is 2.90. The molecule has 1 atom stereocenters. The smallest absolute Gasteiger partial charge is 0.137 e. The molecule has 0 aromatic heterocycles. The largest absolute Gasteiger partial charge is 0.299 e. The zero-order chi connectivity index (χ0) is 10.8. The van der Waals surface area contributed by atoms with Crippen molar-refractivity contribution >= 4 is 16.6 Å². The number of benzene rings is 2. The van der Waals surface area contributed by atoms with E-state index < -0.39 is 0 Å². The van der Waals surface area contributed by atoms with Gasteiger partial charge in [-0.25, -0.2) is 0 Å². The van der Waals surface area contributed by atoms with Crippen LogP contribution in [0.15, 0.2) is 42.5 Å². The van der Waals surface area contributed by atoms with Crippen molar-refractivity contribution in [1.82, 2.24) is 0 Å². The van der Waals surface area contributed by atoms with Gasteiger partial charge < -0.3 is 0 Å². The van der Waals surface area contributed by atoms with E-state index in [4.69, 9.17) is 0 Å². The van der Waals surface area contributed by atoms with Crippen molar-refractivity contribution in [3.63, 3.8) is 0 Å². The molecule has 0 radical (unpaired) electrons. The lowest BCUT2D eigenvalue weighted by Gasteiger charge is -2.11. The molecule has 2 aromatic rings. The Balaban J connectivity index is 2.65. The summed E-state index contributed by atoms with van der Waals surface area (Å²) < 4.78 is 0. The van der Waals surface area contributed by atoms with Crippen LogP contribution >= 0.6 is 0 Å². The van der Waals surface area contributed by atoms with Crippen molar-refractivity contribution in [1.29, 1.82) is 0 Å². The maximum Gasteiger partial charge on any atom is 0.137 e. The van der Waals surface area contributed by atoms with Gasteiger partial charge in [0, 0.05) is 5.92 Å². The zero-order valence-corrected chi connectivity index (χ0v) is 9.03. The molecule has 1 nitrogen and oxygen atoms in total. The van der Waals surface area contributed by atoms with Gasteiger partial charge >= 0.3 is 0 Å². The third kappa shape index (κ3) is 1.78. The standard InChI is InChI=1S/C14H14O/c1-10(11(2)15)13-9-5-7-12-6-3-4-8-14(12)13/h3-10H,1-2H3/t10-/m0/s1. The fourth-order valence-electron chi connectivity index (χ4n) is 1.85. The molecule has 0 unspecified atom stereocenters. The Morgan fingerprint density at radius 1 is 1.07 bits per heavy atom. The average molecular weight is 198 g/mol. The van der Waals surface area contributed by atoms with Gasteiger partial charge in [-0.2, -0.15) is 0 Å². The van der Waals surface area contributed by atoms with Gasteiger partial charge in [-0.1, -0.05) is 49.4 Å². The van der Waals surface area contributed by atoms with Crippen LogP contribution in [0.25, 0.3) is 10.8 Å². The van der Waals surface area contributed by atoms with Gasteiger partial charge in [0.25, 0.3) is 0 Å². The summed E-state index contributed by atoms with van der Waals surface area (Å²) in [5, 5.41) is 2.38. The highest BCUT2D eigenvalue weighted by Gasteiger charge is 2.12. The molecule has 0 amide bonds. The Bertz CT molecular complexity index is 494. The van der Waals surface area contributed by atoms with E-state index >= 15 is 0 Å². The first-order valence-corrected chi connectivity index (χ1v) is 5.18. The summed E-state index contributed by atoms with van der Waals surface area (Å²) in [6.45, 7) is 3.61. The molecule has 0 saturated heterocycles.